The van der Waals surface area contributed by atoms with Crippen LogP contribution in [0.5, 0.6) is 11.5 Å². The highest BCUT2D eigenvalue weighted by molar-refractivity contribution is 5.91. The summed E-state index contributed by atoms with van der Waals surface area (Å²) in [7, 11) is 1.64. The van der Waals surface area contributed by atoms with E-state index in [1.165, 1.54) is 12.7 Å². The molecule has 0 N–H and O–H groups in total. The van der Waals surface area contributed by atoms with E-state index in [0.717, 1.165) is 29.8 Å². The molecular weight excluding hydrogens is 430 g/mol. The largest absolute Gasteiger partial charge is 0.493 e. The molecule has 1 aliphatic carbocycles. The maximum Gasteiger partial charge on any atom is 0.338 e. The van der Waals surface area contributed by atoms with Crippen LogP contribution in [0.4, 0.5) is 11.4 Å². The van der Waals surface area contributed by atoms with Crippen molar-refractivity contribution in [3.63, 3.8) is 0 Å². The molecule has 7 nitrogen and oxygen atoms in total. The molecule has 2 aromatic carbocycles. The molecule has 34 heavy (non-hydrogen) atoms. The van der Waals surface area contributed by atoms with Crippen LogP contribution in [0.25, 0.3) is 0 Å². The molecular formula is C27H31N3O4. The lowest BCUT2D eigenvalue weighted by Crippen LogP contribution is -2.25. The van der Waals surface area contributed by atoms with E-state index >= 15 is 0 Å². The van der Waals surface area contributed by atoms with Crippen molar-refractivity contribution in [2.24, 2.45) is 0 Å². The second kappa shape index (κ2) is 10.1. The summed E-state index contributed by atoms with van der Waals surface area (Å²) >= 11 is 0. The summed E-state index contributed by atoms with van der Waals surface area (Å²) in [6.45, 7) is 6.08. The Hall–Kier alpha value is -3.61. The average molecular weight is 462 g/mol. The van der Waals surface area contributed by atoms with Gasteiger partial charge in [-0.2, -0.15) is 0 Å². The molecule has 1 heterocycles. The fourth-order valence-electron chi connectivity index (χ4n) is 3.66. The zero-order chi connectivity index (χ0) is 24.1. The van der Waals surface area contributed by atoms with E-state index in [9.17, 15) is 4.79 Å². The van der Waals surface area contributed by atoms with E-state index in [1.54, 1.807) is 25.6 Å². The highest BCUT2D eigenvalue weighted by Gasteiger charge is 2.23. The summed E-state index contributed by atoms with van der Waals surface area (Å²) in [5, 5.41) is 0. The predicted molar refractivity (Wildman–Crippen MR) is 131 cm³/mol. The molecule has 0 bridgehead atoms. The third-order valence-electron chi connectivity index (χ3n) is 5.55. The normalized spacial score (nSPS) is 13.6. The van der Waals surface area contributed by atoms with Crippen molar-refractivity contribution < 1.29 is 19.0 Å². The first-order valence-electron chi connectivity index (χ1n) is 11.5. The van der Waals surface area contributed by atoms with Gasteiger partial charge < -0.3 is 19.1 Å². The smallest absolute Gasteiger partial charge is 0.338 e. The monoisotopic (exact) mass is 461 g/mol. The van der Waals surface area contributed by atoms with E-state index in [1.807, 2.05) is 57.2 Å². The Morgan fingerprint density at radius 2 is 1.76 bits per heavy atom. The molecule has 7 heteroatoms. The second-order valence-electron chi connectivity index (χ2n) is 9.39. The molecule has 1 saturated carbocycles. The number of benzene rings is 2. The molecule has 0 spiro atoms. The van der Waals surface area contributed by atoms with Crippen molar-refractivity contribution >= 4 is 17.3 Å². The van der Waals surface area contributed by atoms with Gasteiger partial charge in [-0.25, -0.2) is 14.8 Å². The molecule has 0 atom stereocenters. The third kappa shape index (κ3) is 5.84. The molecule has 0 amide bonds. The number of hydrogen-bond acceptors (Lipinski definition) is 7. The van der Waals surface area contributed by atoms with Gasteiger partial charge >= 0.3 is 5.97 Å². The van der Waals surface area contributed by atoms with Crippen LogP contribution < -0.4 is 14.4 Å². The Bertz CT molecular complexity index is 1120. The van der Waals surface area contributed by atoms with E-state index in [2.05, 4.69) is 14.9 Å². The molecule has 178 valence electrons. The zero-order valence-electron chi connectivity index (χ0n) is 20.2. The van der Waals surface area contributed by atoms with Crippen molar-refractivity contribution in [2.75, 3.05) is 12.0 Å². The van der Waals surface area contributed by atoms with Crippen molar-refractivity contribution in [3.8, 4) is 11.5 Å². The number of carbonyl (C=O) groups excluding carboxylic acids is 1. The molecule has 0 aliphatic heterocycles. The van der Waals surface area contributed by atoms with Gasteiger partial charge in [0.25, 0.3) is 0 Å². The molecule has 3 aromatic rings. The van der Waals surface area contributed by atoms with Crippen LogP contribution in [0.15, 0.2) is 61.2 Å². The van der Waals surface area contributed by atoms with Gasteiger partial charge in [0.1, 0.15) is 11.9 Å². The van der Waals surface area contributed by atoms with Crippen LogP contribution in [0, 0.1) is 0 Å². The van der Waals surface area contributed by atoms with Gasteiger partial charge in [0.05, 0.1) is 25.3 Å². The highest BCUT2D eigenvalue weighted by atomic mass is 16.6. The molecule has 1 aromatic heterocycles. The van der Waals surface area contributed by atoms with Gasteiger partial charge in [-0.05, 0) is 70.4 Å². The van der Waals surface area contributed by atoms with Gasteiger partial charge in [-0.3, -0.25) is 0 Å². The summed E-state index contributed by atoms with van der Waals surface area (Å²) in [5.41, 5.74) is 2.59. The lowest BCUT2D eigenvalue weighted by molar-refractivity contribution is 0.00695. The number of hydrogen-bond donors (Lipinski definition) is 0. The molecule has 4 rings (SSSR count). The average Bonchev–Trinajstić information content (AvgIpc) is 2.79. The maximum atomic E-state index is 12.7. The molecule has 0 unspecified atom stereocenters. The number of methoxy groups -OCH3 is 1. The first-order valence-corrected chi connectivity index (χ1v) is 11.5. The minimum absolute atomic E-state index is 0.218. The number of esters is 1. The van der Waals surface area contributed by atoms with E-state index in [4.69, 9.17) is 14.2 Å². The number of ether oxygens (including phenoxy) is 3. The maximum absolute atomic E-state index is 12.7. The van der Waals surface area contributed by atoms with Crippen LogP contribution in [0.2, 0.25) is 0 Å². The SMILES string of the molecule is COc1ccc(N(Cc2cncnc2)c2cccc(C(=O)OC(C)(C)C)c2)cc1OC1CCC1. The molecule has 0 saturated heterocycles. The summed E-state index contributed by atoms with van der Waals surface area (Å²) in [4.78, 5) is 23.1. The number of aromatic nitrogens is 2. The van der Waals surface area contributed by atoms with E-state index < -0.39 is 5.60 Å². The molecule has 1 fully saturated rings. The van der Waals surface area contributed by atoms with Crippen molar-refractivity contribution in [1.82, 2.24) is 9.97 Å². The number of anilines is 2. The van der Waals surface area contributed by atoms with Crippen molar-refractivity contribution in [3.05, 3.63) is 72.3 Å². The number of rotatable bonds is 8. The Morgan fingerprint density at radius 1 is 1.03 bits per heavy atom. The van der Waals surface area contributed by atoms with Gasteiger partial charge in [0, 0.05) is 35.4 Å². The first kappa shape index (κ1) is 23.5. The first-order chi connectivity index (χ1) is 16.3. The van der Waals surface area contributed by atoms with Crippen LogP contribution in [-0.2, 0) is 11.3 Å². The molecule has 1 aliphatic rings. The predicted octanol–water partition coefficient (Wildman–Crippen LogP) is 5.71. The summed E-state index contributed by atoms with van der Waals surface area (Å²) in [6.07, 6.45) is 8.59. The van der Waals surface area contributed by atoms with Crippen molar-refractivity contribution in [2.45, 2.75) is 58.3 Å². The fraction of sp³-hybridized carbons (Fsp3) is 0.370. The van der Waals surface area contributed by atoms with Gasteiger partial charge in [0.15, 0.2) is 11.5 Å². The minimum atomic E-state index is -0.572. The van der Waals surface area contributed by atoms with Gasteiger partial charge in [-0.15, -0.1) is 0 Å². The standard InChI is InChI=1S/C27H31N3O4/c1-27(2,3)34-26(31)20-7-5-8-21(13-20)30(17-19-15-28-18-29-16-19)22-11-12-24(32-4)25(14-22)33-23-9-6-10-23/h5,7-8,11-16,18,23H,6,9-10,17H2,1-4H3. The van der Waals surface area contributed by atoms with Crippen molar-refractivity contribution in [1.29, 1.82) is 0 Å². The number of nitrogens with zero attached hydrogens (tertiary/aromatic N) is 3. The van der Waals surface area contributed by atoms with Crippen LogP contribution in [-0.4, -0.2) is 34.8 Å². The molecule has 0 radical (unpaired) electrons. The Labute approximate surface area is 200 Å². The Kier molecular flexibility index (Phi) is 7.01. The Morgan fingerprint density at radius 3 is 2.41 bits per heavy atom. The zero-order valence-corrected chi connectivity index (χ0v) is 20.2. The second-order valence-corrected chi connectivity index (χ2v) is 9.39. The van der Waals surface area contributed by atoms with Gasteiger partial charge in [0.2, 0.25) is 0 Å². The van der Waals surface area contributed by atoms with Gasteiger partial charge in [-0.1, -0.05) is 6.07 Å². The Balaban J connectivity index is 1.71. The third-order valence-corrected chi connectivity index (χ3v) is 5.55. The lowest BCUT2D eigenvalue weighted by atomic mass is 9.96. The van der Waals surface area contributed by atoms with Crippen LogP contribution >= 0.6 is 0 Å². The minimum Gasteiger partial charge on any atom is -0.493 e. The van der Waals surface area contributed by atoms with Crippen LogP contribution in [0.1, 0.15) is 56.0 Å². The lowest BCUT2D eigenvalue weighted by Gasteiger charge is -2.29. The summed E-state index contributed by atoms with van der Waals surface area (Å²) in [5.74, 6) is 1.05. The highest BCUT2D eigenvalue weighted by Crippen LogP contribution is 2.38. The van der Waals surface area contributed by atoms with Crippen LogP contribution in [0.3, 0.4) is 0 Å². The van der Waals surface area contributed by atoms with E-state index in [0.29, 0.717) is 23.6 Å². The summed E-state index contributed by atoms with van der Waals surface area (Å²) < 4.78 is 17.3. The quantitative estimate of drug-likeness (QED) is 0.398. The topological polar surface area (TPSA) is 73.8 Å². The van der Waals surface area contributed by atoms with E-state index in [-0.39, 0.29) is 12.1 Å². The number of carbonyl (C=O) groups is 1. The fourth-order valence-corrected chi connectivity index (χ4v) is 3.66. The summed E-state index contributed by atoms with van der Waals surface area (Å²) in [6, 6.07) is 13.3.